The van der Waals surface area contributed by atoms with Gasteiger partial charge in [-0.25, -0.2) is 0 Å². The highest BCUT2D eigenvalue weighted by atomic mass is 15.1. The lowest BCUT2D eigenvalue weighted by Crippen LogP contribution is -2.10. The Morgan fingerprint density at radius 2 is 0.593 bits per heavy atom. The minimum atomic E-state index is 1.09. The quantitative estimate of drug-likeness (QED) is 0.147. The van der Waals surface area contributed by atoms with Gasteiger partial charge in [0.25, 0.3) is 0 Å². The van der Waals surface area contributed by atoms with Crippen molar-refractivity contribution in [3.05, 3.63) is 237 Å². The lowest BCUT2D eigenvalue weighted by atomic mass is 9.92. The Morgan fingerprint density at radius 1 is 0.203 bits per heavy atom. The molecule has 0 unspecified atom stereocenters. The topological polar surface area (TPSA) is 3.24 Å². The molecule has 0 radical (unpaired) electrons. The van der Waals surface area contributed by atoms with Gasteiger partial charge in [-0.2, -0.15) is 0 Å². The maximum Gasteiger partial charge on any atom is 0.0467 e. The predicted octanol–water partition coefficient (Wildman–Crippen LogP) is 16.4. The van der Waals surface area contributed by atoms with E-state index in [4.69, 9.17) is 0 Å². The monoisotopic (exact) mass is 749 g/mol. The van der Waals surface area contributed by atoms with Crippen LogP contribution in [0.3, 0.4) is 0 Å². The van der Waals surface area contributed by atoms with Gasteiger partial charge in [-0.05, 0) is 136 Å². The van der Waals surface area contributed by atoms with Gasteiger partial charge in [0.05, 0.1) is 0 Å². The zero-order valence-electron chi connectivity index (χ0n) is 32.5. The predicted molar refractivity (Wildman–Crippen MR) is 253 cm³/mol. The smallest absolute Gasteiger partial charge is 0.0467 e. The summed E-state index contributed by atoms with van der Waals surface area (Å²) in [6, 6.07) is 86.2. The summed E-state index contributed by atoms with van der Waals surface area (Å²) in [6.45, 7) is 0. The molecule has 11 rings (SSSR count). The molecule has 1 nitrogen and oxygen atoms in total. The van der Waals surface area contributed by atoms with E-state index in [0.29, 0.717) is 0 Å². The molecule has 0 spiro atoms. The van der Waals surface area contributed by atoms with Crippen LogP contribution in [-0.4, -0.2) is 0 Å². The molecule has 59 heavy (non-hydrogen) atoms. The third-order valence-corrected chi connectivity index (χ3v) is 11.8. The van der Waals surface area contributed by atoms with Gasteiger partial charge < -0.3 is 4.90 Å². The summed E-state index contributed by atoms with van der Waals surface area (Å²) in [6.07, 6.45) is 0. The van der Waals surface area contributed by atoms with E-state index >= 15 is 0 Å². The molecule has 11 aromatic carbocycles. The van der Waals surface area contributed by atoms with Crippen LogP contribution < -0.4 is 4.90 Å². The van der Waals surface area contributed by atoms with Gasteiger partial charge >= 0.3 is 0 Å². The van der Waals surface area contributed by atoms with Crippen LogP contribution in [0.15, 0.2) is 237 Å². The molecule has 0 saturated carbocycles. The molecule has 0 aliphatic carbocycles. The van der Waals surface area contributed by atoms with Crippen LogP contribution >= 0.6 is 0 Å². The summed E-state index contributed by atoms with van der Waals surface area (Å²) in [4.78, 5) is 2.39. The van der Waals surface area contributed by atoms with Crippen molar-refractivity contribution in [2.45, 2.75) is 0 Å². The van der Waals surface area contributed by atoms with Crippen LogP contribution in [0.25, 0.3) is 87.6 Å². The first-order chi connectivity index (χ1) is 29.3. The Morgan fingerprint density at radius 3 is 1.14 bits per heavy atom. The standard InChI is InChI=1S/C58H39N/c1-2-15-40(16-3-1)49-21-8-9-22-50(49)41-29-33-46(34-30-41)59(47-35-31-42(32-36-47)57-38-44-17-4-6-23-51(44)53-25-10-12-27-55(53)57)48-20-14-19-43(37-48)58-39-45-18-5-7-24-52(45)54-26-11-13-28-56(54)58/h1-39H. The molecule has 0 aliphatic heterocycles. The Kier molecular flexibility index (Phi) is 8.56. The second-order valence-electron chi connectivity index (χ2n) is 15.3. The fourth-order valence-electron chi connectivity index (χ4n) is 9.03. The summed E-state index contributed by atoms with van der Waals surface area (Å²) in [7, 11) is 0. The number of nitrogens with zero attached hydrogens (tertiary/aromatic N) is 1. The highest BCUT2D eigenvalue weighted by Gasteiger charge is 2.17. The largest absolute Gasteiger partial charge is 0.310 e. The second kappa shape index (κ2) is 14.6. The van der Waals surface area contributed by atoms with Crippen molar-refractivity contribution in [2.75, 3.05) is 4.90 Å². The van der Waals surface area contributed by atoms with Crippen LogP contribution in [0, 0.1) is 0 Å². The van der Waals surface area contributed by atoms with Crippen molar-refractivity contribution in [2.24, 2.45) is 0 Å². The van der Waals surface area contributed by atoms with E-state index in [-0.39, 0.29) is 0 Å². The van der Waals surface area contributed by atoms with Crippen molar-refractivity contribution in [3.63, 3.8) is 0 Å². The molecule has 0 heterocycles. The zero-order chi connectivity index (χ0) is 39.1. The van der Waals surface area contributed by atoms with E-state index in [9.17, 15) is 0 Å². The van der Waals surface area contributed by atoms with Crippen LogP contribution in [0.5, 0.6) is 0 Å². The number of rotatable bonds is 7. The molecule has 276 valence electrons. The number of benzene rings is 11. The minimum Gasteiger partial charge on any atom is -0.310 e. The number of fused-ring (bicyclic) bond motifs is 6. The second-order valence-corrected chi connectivity index (χ2v) is 15.3. The normalized spacial score (nSPS) is 11.4. The molecule has 0 bridgehead atoms. The molecule has 0 N–H and O–H groups in total. The molecule has 0 fully saturated rings. The molecule has 0 aliphatic rings. The van der Waals surface area contributed by atoms with Crippen LogP contribution in [-0.2, 0) is 0 Å². The first-order valence-electron chi connectivity index (χ1n) is 20.3. The van der Waals surface area contributed by atoms with E-state index in [1.165, 1.54) is 87.6 Å². The van der Waals surface area contributed by atoms with E-state index in [0.717, 1.165) is 17.1 Å². The van der Waals surface area contributed by atoms with Crippen LogP contribution in [0.1, 0.15) is 0 Å². The number of anilines is 3. The van der Waals surface area contributed by atoms with Gasteiger partial charge in [0, 0.05) is 17.1 Å². The maximum atomic E-state index is 2.39. The van der Waals surface area contributed by atoms with E-state index < -0.39 is 0 Å². The summed E-state index contributed by atoms with van der Waals surface area (Å²) >= 11 is 0. The first-order valence-corrected chi connectivity index (χ1v) is 20.3. The summed E-state index contributed by atoms with van der Waals surface area (Å²) in [5, 5.41) is 10.1. The lowest BCUT2D eigenvalue weighted by molar-refractivity contribution is 1.28. The fourth-order valence-corrected chi connectivity index (χ4v) is 9.03. The molecule has 1 heteroatoms. The third kappa shape index (κ3) is 6.21. The highest BCUT2D eigenvalue weighted by Crippen LogP contribution is 2.42. The van der Waals surface area contributed by atoms with Crippen molar-refractivity contribution in [1.29, 1.82) is 0 Å². The summed E-state index contributed by atoms with van der Waals surface area (Å²) < 4.78 is 0. The fraction of sp³-hybridized carbons (Fsp3) is 0. The first kappa shape index (κ1) is 34.5. The molecular weight excluding hydrogens is 711 g/mol. The van der Waals surface area contributed by atoms with Gasteiger partial charge in [-0.1, -0.05) is 188 Å². The third-order valence-electron chi connectivity index (χ3n) is 11.8. The Hall–Kier alpha value is -7.74. The van der Waals surface area contributed by atoms with E-state index in [1.807, 2.05) is 0 Å². The van der Waals surface area contributed by atoms with Crippen molar-refractivity contribution < 1.29 is 0 Å². The van der Waals surface area contributed by atoms with E-state index in [2.05, 4.69) is 241 Å². The molecule has 0 atom stereocenters. The maximum absolute atomic E-state index is 2.39. The Labute approximate surface area is 344 Å². The molecule has 0 amide bonds. The van der Waals surface area contributed by atoms with Crippen molar-refractivity contribution in [3.8, 4) is 44.5 Å². The molecule has 0 saturated heterocycles. The average Bonchev–Trinajstić information content (AvgIpc) is 3.32. The highest BCUT2D eigenvalue weighted by molar-refractivity contribution is 6.15. The van der Waals surface area contributed by atoms with Crippen molar-refractivity contribution >= 4 is 60.2 Å². The summed E-state index contributed by atoms with van der Waals surface area (Å²) in [5.74, 6) is 0. The average molecular weight is 750 g/mol. The van der Waals surface area contributed by atoms with Gasteiger partial charge in [-0.3, -0.25) is 0 Å². The Balaban J connectivity index is 1.05. The van der Waals surface area contributed by atoms with Gasteiger partial charge in [0.15, 0.2) is 0 Å². The van der Waals surface area contributed by atoms with E-state index in [1.54, 1.807) is 0 Å². The zero-order valence-corrected chi connectivity index (χ0v) is 32.5. The lowest BCUT2D eigenvalue weighted by Gasteiger charge is -2.27. The van der Waals surface area contributed by atoms with Gasteiger partial charge in [0.2, 0.25) is 0 Å². The Bertz CT molecular complexity index is 3310. The minimum absolute atomic E-state index is 1.09. The van der Waals surface area contributed by atoms with Gasteiger partial charge in [-0.15, -0.1) is 0 Å². The SMILES string of the molecule is c1ccc(-c2ccccc2-c2ccc(N(c3ccc(-c4cc5ccccc5c5ccccc45)cc3)c3cccc(-c4cc5ccccc5c5ccccc45)c3)cc2)cc1. The number of hydrogen-bond acceptors (Lipinski definition) is 1. The molecule has 11 aromatic rings. The van der Waals surface area contributed by atoms with Crippen LogP contribution in [0.4, 0.5) is 17.1 Å². The van der Waals surface area contributed by atoms with Crippen LogP contribution in [0.2, 0.25) is 0 Å². The summed E-state index contributed by atoms with van der Waals surface area (Å²) in [5.41, 5.74) is 13.0. The van der Waals surface area contributed by atoms with Gasteiger partial charge in [0.1, 0.15) is 0 Å². The van der Waals surface area contributed by atoms with Crippen molar-refractivity contribution in [1.82, 2.24) is 0 Å². The molecule has 0 aromatic heterocycles. The number of hydrogen-bond donors (Lipinski definition) is 0. The molecular formula is C58H39N.